The van der Waals surface area contributed by atoms with Crippen LogP contribution in [0.1, 0.15) is 0 Å². The van der Waals surface area contributed by atoms with E-state index in [2.05, 4.69) is 0 Å². The van der Waals surface area contributed by atoms with Crippen molar-refractivity contribution in [2.45, 2.75) is 0 Å². The van der Waals surface area contributed by atoms with E-state index in [0.717, 1.165) is 0 Å². The molecule has 0 aromatic heterocycles. The topological polar surface area (TPSA) is 0 Å². The molecule has 32 valence electrons. The van der Waals surface area contributed by atoms with Crippen molar-refractivity contribution >= 4 is 27.3 Å². The summed E-state index contributed by atoms with van der Waals surface area (Å²) in [6.45, 7) is 0. The summed E-state index contributed by atoms with van der Waals surface area (Å²) in [4.78, 5) is 0. The van der Waals surface area contributed by atoms with Crippen LogP contribution in [0.25, 0.3) is 0 Å². The summed E-state index contributed by atoms with van der Waals surface area (Å²) < 4.78 is 0. The normalized spacial score (nSPS) is 0. The van der Waals surface area contributed by atoms with Crippen LogP contribution in [0.4, 0.5) is 0 Å². The molecular formula is H2Cu2PbZn2. The molecule has 0 amide bonds. The fourth-order valence-corrected chi connectivity index (χ4v) is 0. The Morgan fingerprint density at radius 1 is 0.600 bits per heavy atom. The van der Waals surface area contributed by atoms with Crippen molar-refractivity contribution in [2.75, 3.05) is 0 Å². The Kier molecular flexibility index (Phi) is 224. The molecule has 0 aliphatic heterocycles. The first-order valence-electron chi connectivity index (χ1n) is 0. The summed E-state index contributed by atoms with van der Waals surface area (Å²) in [6.07, 6.45) is 0. The molecule has 0 saturated carbocycles. The Morgan fingerprint density at radius 3 is 0.600 bits per heavy atom. The predicted octanol–water partition coefficient (Wildman–Crippen LogP) is -0.926. The van der Waals surface area contributed by atoms with Crippen molar-refractivity contribution in [2.24, 2.45) is 0 Å². The largest absolute Gasteiger partial charge is 0 e. The molecule has 0 unspecified atom stereocenters. The summed E-state index contributed by atoms with van der Waals surface area (Å²) in [7, 11) is 0. The Morgan fingerprint density at radius 2 is 0.600 bits per heavy atom. The van der Waals surface area contributed by atoms with E-state index in [1.807, 2.05) is 0 Å². The molecule has 0 atom stereocenters. The van der Waals surface area contributed by atoms with Crippen LogP contribution >= 0.6 is 0 Å². The molecule has 0 saturated heterocycles. The molecule has 5 heavy (non-hydrogen) atoms. The smallest absolute Gasteiger partial charge is 0 e. The molecular weight excluding hydrogens is 465 g/mol. The maximum Gasteiger partial charge on any atom is 0 e. The summed E-state index contributed by atoms with van der Waals surface area (Å²) in [5.41, 5.74) is 0. The van der Waals surface area contributed by atoms with E-state index >= 15 is 0 Å². The Bertz CT molecular complexity index is 7.61. The van der Waals surface area contributed by atoms with E-state index in [1.165, 1.54) is 0 Å². The van der Waals surface area contributed by atoms with Crippen LogP contribution in [-0.2, 0) is 73.1 Å². The van der Waals surface area contributed by atoms with Gasteiger partial charge in [0.1, 0.15) is 0 Å². The van der Waals surface area contributed by atoms with Gasteiger partial charge in [-0.3, -0.25) is 0 Å². The van der Waals surface area contributed by atoms with Gasteiger partial charge < -0.3 is 0 Å². The Hall–Kier alpha value is 3.21. The van der Waals surface area contributed by atoms with Crippen LogP contribution in [0.5, 0.6) is 0 Å². The van der Waals surface area contributed by atoms with Crippen LogP contribution in [0.3, 0.4) is 0 Å². The van der Waals surface area contributed by atoms with Gasteiger partial charge in [-0.1, -0.05) is 0 Å². The minimum absolute atomic E-state index is 0. The fourth-order valence-electron chi connectivity index (χ4n) is 0. The maximum absolute atomic E-state index is 0. The molecule has 0 nitrogen and oxygen atoms in total. The quantitative estimate of drug-likeness (QED) is 0.405. The molecule has 0 aliphatic carbocycles. The average molecular weight is 467 g/mol. The van der Waals surface area contributed by atoms with Gasteiger partial charge in [-0.05, 0) is 0 Å². The summed E-state index contributed by atoms with van der Waals surface area (Å²) in [6, 6.07) is 0. The number of hydrogen-bond donors (Lipinski definition) is 0. The van der Waals surface area contributed by atoms with E-state index in [-0.39, 0.29) is 100 Å². The van der Waals surface area contributed by atoms with Crippen molar-refractivity contribution in [1.29, 1.82) is 0 Å². The molecule has 0 aromatic carbocycles. The van der Waals surface area contributed by atoms with E-state index < -0.39 is 0 Å². The van der Waals surface area contributed by atoms with Gasteiger partial charge in [0.2, 0.25) is 0 Å². The second-order valence-electron chi connectivity index (χ2n) is 0. The second kappa shape index (κ2) is 27.0. The van der Waals surface area contributed by atoms with Gasteiger partial charge in [0.05, 0.1) is 0 Å². The summed E-state index contributed by atoms with van der Waals surface area (Å²) in [5, 5.41) is 0. The van der Waals surface area contributed by atoms with Gasteiger partial charge in [0.25, 0.3) is 0 Å². The molecule has 5 heteroatoms. The third-order valence-electron chi connectivity index (χ3n) is 0. The zero-order valence-electron chi connectivity index (χ0n) is 2.72. The molecule has 0 heterocycles. The average Bonchev–Trinajstić information content (AvgIpc) is 0. The van der Waals surface area contributed by atoms with E-state index in [0.29, 0.717) is 0 Å². The third kappa shape index (κ3) is 19.0. The molecule has 0 aliphatic rings. The Labute approximate surface area is 98.6 Å². The second-order valence-corrected chi connectivity index (χ2v) is 0. The van der Waals surface area contributed by atoms with Crippen molar-refractivity contribution in [3.8, 4) is 0 Å². The monoisotopic (exact) mass is 464 g/mol. The molecule has 0 spiro atoms. The zero-order chi connectivity index (χ0) is 0. The Balaban J connectivity index is 0. The van der Waals surface area contributed by atoms with Gasteiger partial charge in [-0.25, -0.2) is 0 Å². The van der Waals surface area contributed by atoms with Crippen LogP contribution < -0.4 is 0 Å². The first-order valence-corrected chi connectivity index (χ1v) is 0. The van der Waals surface area contributed by atoms with Crippen LogP contribution in [0, 0.1) is 0 Å². The van der Waals surface area contributed by atoms with E-state index in [9.17, 15) is 0 Å². The summed E-state index contributed by atoms with van der Waals surface area (Å²) in [5.74, 6) is 0. The van der Waals surface area contributed by atoms with Crippen molar-refractivity contribution in [3.63, 3.8) is 0 Å². The fraction of sp³-hybridized carbons (Fsp3) is 0. The first kappa shape index (κ1) is 41.4. The van der Waals surface area contributed by atoms with Gasteiger partial charge in [-0.2, -0.15) is 0 Å². The van der Waals surface area contributed by atoms with Gasteiger partial charge in [-0.15, -0.1) is 0 Å². The predicted molar refractivity (Wildman–Crippen MR) is 8.54 cm³/mol. The third-order valence-corrected chi connectivity index (χ3v) is 0. The van der Waals surface area contributed by atoms with Gasteiger partial charge in [0, 0.05) is 73.1 Å². The number of hydrogen-bond acceptors (Lipinski definition) is 0. The van der Waals surface area contributed by atoms with Crippen LogP contribution in [-0.4, -0.2) is 27.3 Å². The van der Waals surface area contributed by atoms with Crippen molar-refractivity contribution < 1.29 is 73.1 Å². The minimum Gasteiger partial charge on any atom is 0 e. The van der Waals surface area contributed by atoms with E-state index in [4.69, 9.17) is 0 Å². The van der Waals surface area contributed by atoms with Crippen LogP contribution in [0.15, 0.2) is 0 Å². The first-order chi connectivity index (χ1) is 0. The van der Waals surface area contributed by atoms with Gasteiger partial charge >= 0.3 is 27.3 Å². The SMILES string of the molecule is [Cu].[Cu].[PbH2].[Zn].[Zn]. The molecule has 0 fully saturated rings. The van der Waals surface area contributed by atoms with Crippen LogP contribution in [0.2, 0.25) is 0 Å². The summed E-state index contributed by atoms with van der Waals surface area (Å²) >= 11 is 0. The molecule has 0 aromatic rings. The maximum atomic E-state index is 0. The molecule has 0 rings (SSSR count). The molecule has 4 radical (unpaired) electrons. The van der Waals surface area contributed by atoms with Crippen molar-refractivity contribution in [1.82, 2.24) is 0 Å². The zero-order valence-corrected chi connectivity index (χ0v) is 16.0. The van der Waals surface area contributed by atoms with E-state index in [1.54, 1.807) is 0 Å². The van der Waals surface area contributed by atoms with Gasteiger partial charge in [0.15, 0.2) is 0 Å². The molecule has 0 bridgehead atoms. The standard InChI is InChI=1S/2Cu.Pb.2Zn.2H. The molecule has 0 N–H and O–H groups in total. The van der Waals surface area contributed by atoms with Crippen molar-refractivity contribution in [3.05, 3.63) is 0 Å². The minimum atomic E-state index is 0. The number of rotatable bonds is 0.